The van der Waals surface area contributed by atoms with Crippen molar-refractivity contribution >= 4 is 11.3 Å². The van der Waals surface area contributed by atoms with Crippen LogP contribution in [0.4, 0.5) is 13.2 Å². The normalized spacial score (nSPS) is 10.8. The first-order valence-electron chi connectivity index (χ1n) is 5.00. The molecule has 0 saturated carbocycles. The lowest BCUT2D eigenvalue weighted by molar-refractivity contribution is 0.448. The summed E-state index contributed by atoms with van der Waals surface area (Å²) in [5.74, 6) is -3.76. The fraction of sp³-hybridized carbons (Fsp3) is 0.167. The Hall–Kier alpha value is -1.33. The van der Waals surface area contributed by atoms with Gasteiger partial charge >= 0.3 is 0 Å². The predicted octanol–water partition coefficient (Wildman–Crippen LogP) is 3.55. The molecule has 5 heteroatoms. The molecule has 0 unspecified atom stereocenters. The van der Waals surface area contributed by atoms with Crippen LogP contribution in [0.2, 0.25) is 0 Å². The molecule has 0 amide bonds. The maximum atomic E-state index is 13.1. The Balaban J connectivity index is 2.39. The van der Waals surface area contributed by atoms with Crippen molar-refractivity contribution in [2.24, 2.45) is 0 Å². The van der Waals surface area contributed by atoms with Crippen LogP contribution in [0.15, 0.2) is 24.3 Å². The van der Waals surface area contributed by atoms with Crippen molar-refractivity contribution in [2.75, 3.05) is 7.05 Å². The molecular weight excluding hydrogens is 247 g/mol. The minimum Gasteiger partial charge on any atom is -0.315 e. The molecule has 0 bridgehead atoms. The Morgan fingerprint density at radius 3 is 2.35 bits per heavy atom. The van der Waals surface area contributed by atoms with E-state index in [2.05, 4.69) is 5.32 Å². The van der Waals surface area contributed by atoms with Gasteiger partial charge < -0.3 is 5.32 Å². The predicted molar refractivity (Wildman–Crippen MR) is 62.4 cm³/mol. The first-order valence-corrected chi connectivity index (χ1v) is 5.81. The zero-order valence-corrected chi connectivity index (χ0v) is 9.88. The van der Waals surface area contributed by atoms with E-state index >= 15 is 0 Å². The first kappa shape index (κ1) is 12.1. The maximum Gasteiger partial charge on any atom is 0.194 e. The van der Waals surface area contributed by atoms with Gasteiger partial charge in [0.15, 0.2) is 17.5 Å². The number of thiophene rings is 1. The third-order valence-electron chi connectivity index (χ3n) is 2.28. The molecule has 1 aromatic heterocycles. The van der Waals surface area contributed by atoms with E-state index in [-0.39, 0.29) is 0 Å². The number of hydrogen-bond acceptors (Lipinski definition) is 2. The monoisotopic (exact) mass is 257 g/mol. The van der Waals surface area contributed by atoms with E-state index in [0.717, 1.165) is 17.0 Å². The molecule has 0 aliphatic rings. The molecule has 17 heavy (non-hydrogen) atoms. The number of rotatable bonds is 3. The molecule has 1 aromatic carbocycles. The summed E-state index contributed by atoms with van der Waals surface area (Å²) in [4.78, 5) is 1.76. The van der Waals surface area contributed by atoms with Gasteiger partial charge in [-0.1, -0.05) is 0 Å². The average Bonchev–Trinajstić information content (AvgIpc) is 2.74. The average molecular weight is 257 g/mol. The Morgan fingerprint density at radius 2 is 1.76 bits per heavy atom. The number of nitrogens with one attached hydrogen (secondary N) is 1. The zero-order valence-electron chi connectivity index (χ0n) is 9.06. The third-order valence-corrected chi connectivity index (χ3v) is 3.42. The topological polar surface area (TPSA) is 12.0 Å². The maximum absolute atomic E-state index is 13.1. The van der Waals surface area contributed by atoms with Crippen molar-refractivity contribution in [1.82, 2.24) is 5.32 Å². The highest BCUT2D eigenvalue weighted by Crippen LogP contribution is 2.30. The largest absolute Gasteiger partial charge is 0.315 e. The quantitative estimate of drug-likeness (QED) is 0.829. The molecule has 0 saturated heterocycles. The number of benzene rings is 1. The molecule has 1 N–H and O–H groups in total. The molecule has 0 fully saturated rings. The van der Waals surface area contributed by atoms with Crippen LogP contribution < -0.4 is 5.32 Å². The summed E-state index contributed by atoms with van der Waals surface area (Å²) in [5, 5.41) is 2.98. The van der Waals surface area contributed by atoms with Crippen LogP contribution >= 0.6 is 11.3 Å². The van der Waals surface area contributed by atoms with Crippen LogP contribution in [0, 0.1) is 17.5 Å². The van der Waals surface area contributed by atoms with Crippen LogP contribution in [-0.2, 0) is 6.54 Å². The van der Waals surface area contributed by atoms with Crippen molar-refractivity contribution in [1.29, 1.82) is 0 Å². The van der Waals surface area contributed by atoms with Gasteiger partial charge in [0.1, 0.15) is 0 Å². The SMILES string of the molecule is CNCc1ccc(-c2cc(F)c(F)c(F)c2)s1. The highest BCUT2D eigenvalue weighted by Gasteiger charge is 2.12. The highest BCUT2D eigenvalue weighted by atomic mass is 32.1. The van der Waals surface area contributed by atoms with Crippen molar-refractivity contribution in [2.45, 2.75) is 6.54 Å². The molecule has 1 heterocycles. The van der Waals surface area contributed by atoms with Crippen LogP contribution in [0.3, 0.4) is 0 Å². The molecule has 0 aliphatic carbocycles. The van der Waals surface area contributed by atoms with Crippen molar-refractivity contribution < 1.29 is 13.2 Å². The summed E-state index contributed by atoms with van der Waals surface area (Å²) in [6.07, 6.45) is 0. The Kier molecular flexibility index (Phi) is 3.49. The van der Waals surface area contributed by atoms with Crippen LogP contribution in [0.1, 0.15) is 4.88 Å². The van der Waals surface area contributed by atoms with Gasteiger partial charge in [-0.05, 0) is 36.9 Å². The second-order valence-corrected chi connectivity index (χ2v) is 4.72. The second kappa shape index (κ2) is 4.89. The number of hydrogen-bond donors (Lipinski definition) is 1. The molecule has 0 aliphatic heterocycles. The van der Waals surface area contributed by atoms with E-state index < -0.39 is 17.5 Å². The summed E-state index contributed by atoms with van der Waals surface area (Å²) in [6, 6.07) is 5.65. The summed E-state index contributed by atoms with van der Waals surface area (Å²) in [7, 11) is 1.82. The van der Waals surface area contributed by atoms with Crippen LogP contribution in [0.5, 0.6) is 0 Å². The molecule has 0 radical (unpaired) electrons. The van der Waals surface area contributed by atoms with E-state index in [1.807, 2.05) is 13.1 Å². The molecule has 0 spiro atoms. The van der Waals surface area contributed by atoms with Gasteiger partial charge in [0.2, 0.25) is 0 Å². The van der Waals surface area contributed by atoms with Crippen LogP contribution in [0.25, 0.3) is 10.4 Å². The van der Waals surface area contributed by atoms with Crippen molar-refractivity contribution in [3.05, 3.63) is 46.6 Å². The third kappa shape index (κ3) is 2.50. The lowest BCUT2D eigenvalue weighted by Crippen LogP contribution is -2.02. The van der Waals surface area contributed by atoms with Gasteiger partial charge in [-0.15, -0.1) is 11.3 Å². The highest BCUT2D eigenvalue weighted by molar-refractivity contribution is 7.15. The zero-order chi connectivity index (χ0) is 12.4. The van der Waals surface area contributed by atoms with E-state index in [9.17, 15) is 13.2 Å². The van der Waals surface area contributed by atoms with Crippen molar-refractivity contribution in [3.8, 4) is 10.4 Å². The summed E-state index contributed by atoms with van der Waals surface area (Å²) in [5.41, 5.74) is 0.355. The van der Waals surface area contributed by atoms with Crippen molar-refractivity contribution in [3.63, 3.8) is 0 Å². The summed E-state index contributed by atoms with van der Waals surface area (Å²) < 4.78 is 38.9. The van der Waals surface area contributed by atoms with Gasteiger partial charge in [-0.2, -0.15) is 0 Å². The summed E-state index contributed by atoms with van der Waals surface area (Å²) in [6.45, 7) is 0.691. The number of halogens is 3. The molecule has 2 rings (SSSR count). The molecular formula is C12H10F3NS. The lowest BCUT2D eigenvalue weighted by atomic mass is 10.1. The van der Waals surface area contributed by atoms with Crippen LogP contribution in [-0.4, -0.2) is 7.05 Å². The Morgan fingerprint density at radius 1 is 1.12 bits per heavy atom. The molecule has 1 nitrogen and oxygen atoms in total. The fourth-order valence-electron chi connectivity index (χ4n) is 1.50. The molecule has 0 atom stereocenters. The van der Waals surface area contributed by atoms with E-state index in [4.69, 9.17) is 0 Å². The van der Waals surface area contributed by atoms with Gasteiger partial charge in [0.05, 0.1) is 0 Å². The smallest absolute Gasteiger partial charge is 0.194 e. The first-order chi connectivity index (χ1) is 8.11. The van der Waals surface area contributed by atoms with E-state index in [0.29, 0.717) is 17.0 Å². The van der Waals surface area contributed by atoms with Gasteiger partial charge in [-0.25, -0.2) is 13.2 Å². The van der Waals surface area contributed by atoms with E-state index in [1.165, 1.54) is 11.3 Å². The van der Waals surface area contributed by atoms with Gasteiger partial charge in [0.25, 0.3) is 0 Å². The Bertz CT molecular complexity index is 513. The minimum atomic E-state index is -1.43. The molecule has 90 valence electrons. The van der Waals surface area contributed by atoms with Gasteiger partial charge in [0, 0.05) is 16.3 Å². The lowest BCUT2D eigenvalue weighted by Gasteiger charge is -2.00. The van der Waals surface area contributed by atoms with Gasteiger partial charge in [-0.3, -0.25) is 0 Å². The molecule has 2 aromatic rings. The summed E-state index contributed by atoms with van der Waals surface area (Å²) >= 11 is 1.42. The van der Waals surface area contributed by atoms with E-state index in [1.54, 1.807) is 6.07 Å². The Labute approximate surface area is 101 Å². The fourth-order valence-corrected chi connectivity index (χ4v) is 2.51. The standard InChI is InChI=1S/C12H10F3NS/c1-16-6-8-2-3-11(17-8)7-4-9(13)12(15)10(14)5-7/h2-5,16H,6H2,1H3. The second-order valence-electron chi connectivity index (χ2n) is 3.55. The minimum absolute atomic E-state index is 0.355.